The molecule has 1 amide bonds. The van der Waals surface area contributed by atoms with Crippen molar-refractivity contribution in [2.75, 3.05) is 5.75 Å². The molecule has 0 spiro atoms. The van der Waals surface area contributed by atoms with Crippen LogP contribution in [0, 0.1) is 0 Å². The zero-order valence-electron chi connectivity index (χ0n) is 15.5. The standard InChI is InChI=1S/C21H22N4OS/c1-3-13-27-21-23-20(26)18-16-7-5-6-8-17(16)22-19(25(18)24-21)15-11-9-14(4-2)10-12-15/h5-12,19H,3-4,13H2,1-2H3,(H,23,24,26)/t19-/m1/s1. The van der Waals surface area contributed by atoms with Gasteiger partial charge in [0.1, 0.15) is 5.70 Å². The van der Waals surface area contributed by atoms with Crippen molar-refractivity contribution in [2.45, 2.75) is 32.9 Å². The second-order valence-corrected chi connectivity index (χ2v) is 7.60. The molecule has 0 fully saturated rings. The third-order valence-corrected chi connectivity index (χ3v) is 5.71. The molecular weight excluding hydrogens is 356 g/mol. The monoisotopic (exact) mass is 378 g/mol. The number of amidine groups is 1. The van der Waals surface area contributed by atoms with E-state index in [0.29, 0.717) is 10.9 Å². The van der Waals surface area contributed by atoms with Crippen LogP contribution in [-0.4, -0.2) is 21.8 Å². The van der Waals surface area contributed by atoms with Crippen LogP contribution in [0.3, 0.4) is 0 Å². The molecule has 2 aromatic rings. The number of rotatable bonds is 4. The van der Waals surface area contributed by atoms with E-state index in [9.17, 15) is 4.79 Å². The Hall–Kier alpha value is -2.60. The van der Waals surface area contributed by atoms with Gasteiger partial charge in [-0.3, -0.25) is 15.1 Å². The van der Waals surface area contributed by atoms with Gasteiger partial charge < -0.3 is 0 Å². The van der Waals surface area contributed by atoms with E-state index >= 15 is 0 Å². The van der Waals surface area contributed by atoms with E-state index in [1.54, 1.807) is 16.8 Å². The van der Waals surface area contributed by atoms with Crippen LogP contribution in [0.1, 0.15) is 37.6 Å². The molecular formula is C21H22N4OS. The van der Waals surface area contributed by atoms with Crippen LogP contribution in [0.5, 0.6) is 0 Å². The number of nitrogens with zero attached hydrogens (tertiary/aromatic N) is 3. The number of amides is 1. The number of hydrogen-bond acceptors (Lipinski definition) is 5. The Morgan fingerprint density at radius 2 is 1.89 bits per heavy atom. The van der Waals surface area contributed by atoms with E-state index < -0.39 is 0 Å². The number of benzene rings is 2. The Balaban J connectivity index is 1.86. The van der Waals surface area contributed by atoms with Crippen molar-refractivity contribution in [3.63, 3.8) is 0 Å². The van der Waals surface area contributed by atoms with Crippen molar-refractivity contribution in [3.8, 4) is 0 Å². The van der Waals surface area contributed by atoms with Crippen molar-refractivity contribution in [3.05, 3.63) is 70.2 Å². The van der Waals surface area contributed by atoms with Crippen molar-refractivity contribution < 1.29 is 4.79 Å². The Kier molecular flexibility index (Phi) is 4.99. The molecule has 1 atom stereocenters. The molecule has 4 rings (SSSR count). The highest BCUT2D eigenvalue weighted by molar-refractivity contribution is 8.13. The minimum atomic E-state index is -0.343. The molecule has 0 aliphatic carbocycles. The fourth-order valence-corrected chi connectivity index (χ4v) is 3.94. The quantitative estimate of drug-likeness (QED) is 0.890. The van der Waals surface area contributed by atoms with Crippen LogP contribution in [0.2, 0.25) is 0 Å². The van der Waals surface area contributed by atoms with Gasteiger partial charge in [0.15, 0.2) is 11.3 Å². The van der Waals surface area contributed by atoms with Gasteiger partial charge in [0.2, 0.25) is 0 Å². The number of fused-ring (bicyclic) bond motifs is 2. The normalized spacial score (nSPS) is 18.2. The number of carbonyl (C=O) groups is 1. The highest BCUT2D eigenvalue weighted by atomic mass is 32.2. The molecule has 27 heavy (non-hydrogen) atoms. The zero-order chi connectivity index (χ0) is 18.8. The van der Waals surface area contributed by atoms with Gasteiger partial charge in [-0.05, 0) is 30.0 Å². The molecule has 6 heteroatoms. The summed E-state index contributed by atoms with van der Waals surface area (Å²) >= 11 is 1.56. The minimum Gasteiger partial charge on any atom is -0.298 e. The summed E-state index contributed by atoms with van der Waals surface area (Å²) in [6.45, 7) is 4.25. The summed E-state index contributed by atoms with van der Waals surface area (Å²) in [5.41, 5.74) is 2.86. The summed E-state index contributed by atoms with van der Waals surface area (Å²) in [5.74, 6) is 0.785. The molecule has 2 aliphatic rings. The molecule has 1 N–H and O–H groups in total. The van der Waals surface area contributed by atoms with Gasteiger partial charge in [0.25, 0.3) is 5.91 Å². The Morgan fingerprint density at radius 3 is 2.63 bits per heavy atom. The van der Waals surface area contributed by atoms with Crippen molar-refractivity contribution >= 4 is 28.5 Å². The van der Waals surface area contributed by atoms with Gasteiger partial charge in [-0.1, -0.05) is 68.1 Å². The summed E-state index contributed by atoms with van der Waals surface area (Å²) in [7, 11) is 0. The highest BCUT2D eigenvalue weighted by Crippen LogP contribution is 2.30. The summed E-state index contributed by atoms with van der Waals surface area (Å²) in [6, 6.07) is 16.1. The number of carbonyl (C=O) groups excluding carboxylic acids is 1. The molecule has 5 nitrogen and oxygen atoms in total. The number of hydrazone groups is 1. The maximum Gasteiger partial charge on any atom is 0.276 e. The van der Waals surface area contributed by atoms with Gasteiger partial charge in [-0.2, -0.15) is 0 Å². The van der Waals surface area contributed by atoms with Crippen LogP contribution in [-0.2, 0) is 11.2 Å². The number of aryl methyl sites for hydroxylation is 1. The van der Waals surface area contributed by atoms with Gasteiger partial charge in [0, 0.05) is 11.0 Å². The van der Waals surface area contributed by atoms with Crippen molar-refractivity contribution in [1.82, 2.24) is 10.3 Å². The van der Waals surface area contributed by atoms with Gasteiger partial charge in [-0.25, -0.2) is 5.01 Å². The van der Waals surface area contributed by atoms with E-state index in [1.807, 2.05) is 24.3 Å². The SMILES string of the molecule is CCCSC1=NN2C(=c3ccccc3=N[C@H]2c2ccc(CC)cc2)C(=O)N1. The fourth-order valence-electron chi connectivity index (χ4n) is 3.23. The fraction of sp³-hybridized carbons (Fsp3) is 0.286. The minimum absolute atomic E-state index is 0.124. The van der Waals surface area contributed by atoms with Gasteiger partial charge in [0.05, 0.1) is 5.36 Å². The lowest BCUT2D eigenvalue weighted by Crippen LogP contribution is -2.50. The van der Waals surface area contributed by atoms with Crippen LogP contribution in [0.15, 0.2) is 58.6 Å². The van der Waals surface area contributed by atoms with E-state index in [-0.39, 0.29) is 12.1 Å². The third-order valence-electron chi connectivity index (χ3n) is 4.64. The maximum atomic E-state index is 12.9. The lowest BCUT2D eigenvalue weighted by atomic mass is 10.1. The number of hydrogen-bond donors (Lipinski definition) is 1. The molecule has 2 aliphatic heterocycles. The summed E-state index contributed by atoms with van der Waals surface area (Å²) in [5, 5.41) is 11.7. The van der Waals surface area contributed by atoms with Crippen LogP contribution in [0.4, 0.5) is 0 Å². The molecule has 0 unspecified atom stereocenters. The largest absolute Gasteiger partial charge is 0.298 e. The molecule has 0 radical (unpaired) electrons. The lowest BCUT2D eigenvalue weighted by molar-refractivity contribution is -0.116. The van der Waals surface area contributed by atoms with Crippen molar-refractivity contribution in [1.29, 1.82) is 0 Å². The van der Waals surface area contributed by atoms with Crippen LogP contribution in [0.25, 0.3) is 5.70 Å². The van der Waals surface area contributed by atoms with E-state index in [2.05, 4.69) is 43.4 Å². The predicted octanol–water partition coefficient (Wildman–Crippen LogP) is 2.54. The Morgan fingerprint density at radius 1 is 1.11 bits per heavy atom. The smallest absolute Gasteiger partial charge is 0.276 e. The summed E-state index contributed by atoms with van der Waals surface area (Å²) in [6.07, 6.45) is 1.67. The van der Waals surface area contributed by atoms with Crippen LogP contribution >= 0.6 is 11.8 Å². The second kappa shape index (κ2) is 7.56. The maximum absolute atomic E-state index is 12.9. The second-order valence-electron chi connectivity index (χ2n) is 6.52. The van der Waals surface area contributed by atoms with E-state index in [0.717, 1.165) is 34.7 Å². The predicted molar refractivity (Wildman–Crippen MR) is 109 cm³/mol. The first-order chi connectivity index (χ1) is 13.2. The number of nitrogens with one attached hydrogen (secondary N) is 1. The Bertz CT molecular complexity index is 1010. The van der Waals surface area contributed by atoms with E-state index in [1.165, 1.54) is 5.56 Å². The van der Waals surface area contributed by atoms with E-state index in [4.69, 9.17) is 10.1 Å². The molecule has 0 saturated carbocycles. The first-order valence-corrected chi connectivity index (χ1v) is 10.3. The first kappa shape index (κ1) is 17.8. The third kappa shape index (κ3) is 3.37. The molecule has 2 aromatic carbocycles. The van der Waals surface area contributed by atoms with Gasteiger partial charge in [-0.15, -0.1) is 5.10 Å². The summed E-state index contributed by atoms with van der Waals surface area (Å²) in [4.78, 5) is 17.8. The average molecular weight is 379 g/mol. The molecule has 2 heterocycles. The number of para-hydroxylation sites is 1. The molecule has 0 bridgehead atoms. The molecule has 138 valence electrons. The van der Waals surface area contributed by atoms with Gasteiger partial charge >= 0.3 is 0 Å². The topological polar surface area (TPSA) is 57.1 Å². The zero-order valence-corrected chi connectivity index (χ0v) is 16.3. The molecule has 0 saturated heterocycles. The number of thioether (sulfide) groups is 1. The average Bonchev–Trinajstić information content (AvgIpc) is 2.71. The Labute approximate surface area is 162 Å². The lowest BCUT2D eigenvalue weighted by Gasteiger charge is -2.34. The van der Waals surface area contributed by atoms with Crippen LogP contribution < -0.4 is 15.9 Å². The van der Waals surface area contributed by atoms with Crippen molar-refractivity contribution in [2.24, 2.45) is 10.1 Å². The summed E-state index contributed by atoms with van der Waals surface area (Å²) < 4.78 is 0. The molecule has 0 aromatic heterocycles. The highest BCUT2D eigenvalue weighted by Gasteiger charge is 2.34. The first-order valence-electron chi connectivity index (χ1n) is 9.29.